The van der Waals surface area contributed by atoms with Crippen LogP contribution in [0, 0.1) is 0 Å². The highest BCUT2D eigenvalue weighted by atomic mass is 16.5. The van der Waals surface area contributed by atoms with Crippen molar-refractivity contribution >= 4 is 11.8 Å². The molecule has 214 valence electrons. The molecule has 0 radical (unpaired) electrons. The summed E-state index contributed by atoms with van der Waals surface area (Å²) in [7, 11) is 4.84. The molecule has 1 aromatic heterocycles. The SMILES string of the molecule is COc1ccc(CC(=O)N(CC(=O)N(CCc2ccc(OC)c(OC)c2)Cc2ccco2)C2CCCCC2)cc1. The minimum absolute atomic E-state index is 0.0248. The first-order valence-electron chi connectivity index (χ1n) is 13.9. The number of carbonyl (C=O) groups is 2. The molecular formula is C32H40N2O6. The molecule has 0 bridgehead atoms. The Labute approximate surface area is 236 Å². The highest BCUT2D eigenvalue weighted by molar-refractivity contribution is 5.86. The zero-order valence-corrected chi connectivity index (χ0v) is 23.8. The number of benzene rings is 2. The lowest BCUT2D eigenvalue weighted by molar-refractivity contribution is -0.143. The number of carbonyl (C=O) groups excluding carboxylic acids is 2. The molecular weight excluding hydrogens is 508 g/mol. The molecule has 8 nitrogen and oxygen atoms in total. The van der Waals surface area contributed by atoms with Gasteiger partial charge in [0.1, 0.15) is 18.1 Å². The molecule has 4 rings (SSSR count). The second-order valence-electron chi connectivity index (χ2n) is 10.2. The molecule has 40 heavy (non-hydrogen) atoms. The lowest BCUT2D eigenvalue weighted by Crippen LogP contribution is -2.49. The van der Waals surface area contributed by atoms with Crippen LogP contribution in [0.15, 0.2) is 65.3 Å². The molecule has 1 fully saturated rings. The third kappa shape index (κ3) is 7.81. The monoisotopic (exact) mass is 548 g/mol. The Morgan fingerprint density at radius 2 is 1.57 bits per heavy atom. The van der Waals surface area contributed by atoms with E-state index in [2.05, 4.69) is 0 Å². The maximum absolute atomic E-state index is 13.8. The lowest BCUT2D eigenvalue weighted by atomic mass is 9.93. The molecule has 0 atom stereocenters. The Balaban J connectivity index is 1.50. The first kappa shape index (κ1) is 29.1. The van der Waals surface area contributed by atoms with Crippen LogP contribution in [0.25, 0.3) is 0 Å². The van der Waals surface area contributed by atoms with Gasteiger partial charge in [-0.3, -0.25) is 9.59 Å². The number of furan rings is 1. The predicted molar refractivity (Wildman–Crippen MR) is 153 cm³/mol. The topological polar surface area (TPSA) is 81.5 Å². The third-order valence-electron chi connectivity index (χ3n) is 7.55. The van der Waals surface area contributed by atoms with Gasteiger partial charge in [-0.15, -0.1) is 0 Å². The van der Waals surface area contributed by atoms with Gasteiger partial charge in [0.15, 0.2) is 11.5 Å². The van der Waals surface area contributed by atoms with Gasteiger partial charge in [-0.05, 0) is 66.8 Å². The fourth-order valence-electron chi connectivity index (χ4n) is 5.26. The predicted octanol–water partition coefficient (Wildman–Crippen LogP) is 5.28. The van der Waals surface area contributed by atoms with E-state index in [1.54, 1.807) is 32.5 Å². The molecule has 0 unspecified atom stereocenters. The molecule has 1 aliphatic rings. The molecule has 1 heterocycles. The van der Waals surface area contributed by atoms with Crippen molar-refractivity contribution in [3.63, 3.8) is 0 Å². The van der Waals surface area contributed by atoms with E-state index in [-0.39, 0.29) is 30.8 Å². The van der Waals surface area contributed by atoms with Crippen LogP contribution in [0.1, 0.15) is 49.0 Å². The summed E-state index contributed by atoms with van der Waals surface area (Å²) in [6.45, 7) is 0.858. The van der Waals surface area contributed by atoms with Gasteiger partial charge in [0.2, 0.25) is 11.8 Å². The van der Waals surface area contributed by atoms with Crippen LogP contribution < -0.4 is 14.2 Å². The number of ether oxygens (including phenoxy) is 3. The van der Waals surface area contributed by atoms with Crippen molar-refractivity contribution < 1.29 is 28.2 Å². The van der Waals surface area contributed by atoms with Gasteiger partial charge >= 0.3 is 0 Å². The van der Waals surface area contributed by atoms with Crippen molar-refractivity contribution in [1.29, 1.82) is 0 Å². The summed E-state index contributed by atoms with van der Waals surface area (Å²) in [5.41, 5.74) is 1.93. The first-order valence-corrected chi connectivity index (χ1v) is 13.9. The number of hydrogen-bond donors (Lipinski definition) is 0. The minimum atomic E-state index is -0.0921. The average Bonchev–Trinajstić information content (AvgIpc) is 3.51. The van der Waals surface area contributed by atoms with Gasteiger partial charge in [0, 0.05) is 12.6 Å². The molecule has 8 heteroatoms. The molecule has 0 spiro atoms. The van der Waals surface area contributed by atoms with Crippen molar-refractivity contribution in [2.24, 2.45) is 0 Å². The number of hydrogen-bond acceptors (Lipinski definition) is 6. The van der Waals surface area contributed by atoms with Crippen LogP contribution in [0.2, 0.25) is 0 Å². The van der Waals surface area contributed by atoms with Crippen LogP contribution in [0.4, 0.5) is 0 Å². The molecule has 1 saturated carbocycles. The fraction of sp³-hybridized carbons (Fsp3) is 0.438. The summed E-state index contributed by atoms with van der Waals surface area (Å²) in [6.07, 6.45) is 7.63. The van der Waals surface area contributed by atoms with Crippen LogP contribution >= 0.6 is 0 Å². The van der Waals surface area contributed by atoms with E-state index in [0.29, 0.717) is 36.8 Å². The summed E-state index contributed by atoms with van der Waals surface area (Å²) in [5, 5.41) is 0. The molecule has 3 aromatic rings. The largest absolute Gasteiger partial charge is 0.497 e. The normalized spacial score (nSPS) is 13.5. The van der Waals surface area contributed by atoms with Crippen molar-refractivity contribution in [2.45, 2.75) is 57.5 Å². The number of rotatable bonds is 13. The molecule has 0 saturated heterocycles. The summed E-state index contributed by atoms with van der Waals surface area (Å²) in [4.78, 5) is 31.1. The van der Waals surface area contributed by atoms with Crippen LogP contribution in [0.3, 0.4) is 0 Å². The summed E-state index contributed by atoms with van der Waals surface area (Å²) in [6, 6.07) is 17.1. The van der Waals surface area contributed by atoms with E-state index in [1.807, 2.05) is 59.5 Å². The Hall–Kier alpha value is -3.94. The van der Waals surface area contributed by atoms with E-state index in [0.717, 1.165) is 42.6 Å². The zero-order chi connectivity index (χ0) is 28.3. The Bertz CT molecular complexity index is 1220. The quantitative estimate of drug-likeness (QED) is 0.289. The van der Waals surface area contributed by atoms with Gasteiger partial charge in [0.05, 0.1) is 40.6 Å². The first-order chi connectivity index (χ1) is 19.5. The van der Waals surface area contributed by atoms with Crippen molar-refractivity contribution in [2.75, 3.05) is 34.4 Å². The molecule has 0 aliphatic heterocycles. The molecule has 2 amide bonds. The summed E-state index contributed by atoms with van der Waals surface area (Å²) >= 11 is 0. The fourth-order valence-corrected chi connectivity index (χ4v) is 5.26. The van der Waals surface area contributed by atoms with Crippen LogP contribution in [-0.4, -0.2) is 62.1 Å². The molecule has 2 aromatic carbocycles. The maximum atomic E-state index is 13.8. The minimum Gasteiger partial charge on any atom is -0.497 e. The Kier molecular flexibility index (Phi) is 10.5. The molecule has 0 N–H and O–H groups in total. The van der Waals surface area contributed by atoms with Crippen molar-refractivity contribution in [3.8, 4) is 17.2 Å². The van der Waals surface area contributed by atoms with Gasteiger partial charge in [-0.1, -0.05) is 37.5 Å². The number of amides is 2. The second-order valence-corrected chi connectivity index (χ2v) is 10.2. The summed E-state index contributed by atoms with van der Waals surface area (Å²) in [5.74, 6) is 2.64. The van der Waals surface area contributed by atoms with E-state index < -0.39 is 0 Å². The zero-order valence-electron chi connectivity index (χ0n) is 23.8. The van der Waals surface area contributed by atoms with Crippen LogP contribution in [0.5, 0.6) is 17.2 Å². The van der Waals surface area contributed by atoms with Gasteiger partial charge in [-0.2, -0.15) is 0 Å². The number of nitrogens with zero attached hydrogens (tertiary/aromatic N) is 2. The maximum Gasteiger partial charge on any atom is 0.242 e. The van der Waals surface area contributed by atoms with Gasteiger partial charge < -0.3 is 28.4 Å². The second kappa shape index (κ2) is 14.4. The van der Waals surface area contributed by atoms with E-state index in [9.17, 15) is 9.59 Å². The third-order valence-corrected chi connectivity index (χ3v) is 7.55. The summed E-state index contributed by atoms with van der Waals surface area (Å²) < 4.78 is 21.6. The average molecular weight is 549 g/mol. The lowest BCUT2D eigenvalue weighted by Gasteiger charge is -2.35. The van der Waals surface area contributed by atoms with Gasteiger partial charge in [0.25, 0.3) is 0 Å². The Morgan fingerprint density at radius 3 is 2.23 bits per heavy atom. The highest BCUT2D eigenvalue weighted by Gasteiger charge is 2.29. The van der Waals surface area contributed by atoms with Gasteiger partial charge in [-0.25, -0.2) is 0 Å². The standard InChI is InChI=1S/C32H40N2O6/c1-37-27-14-11-24(12-15-27)21-31(35)34(26-8-5-4-6-9-26)23-32(36)33(22-28-10-7-19-40-28)18-17-25-13-16-29(38-2)30(20-25)39-3/h7,10-16,19-20,26H,4-6,8-9,17-18,21-23H2,1-3H3. The van der Waals surface area contributed by atoms with Crippen LogP contribution in [-0.2, 0) is 29.0 Å². The van der Waals surface area contributed by atoms with E-state index >= 15 is 0 Å². The van der Waals surface area contributed by atoms with E-state index in [4.69, 9.17) is 18.6 Å². The number of methoxy groups -OCH3 is 3. The van der Waals surface area contributed by atoms with Crippen molar-refractivity contribution in [1.82, 2.24) is 9.80 Å². The highest BCUT2D eigenvalue weighted by Crippen LogP contribution is 2.28. The van der Waals surface area contributed by atoms with Crippen molar-refractivity contribution in [3.05, 3.63) is 77.7 Å². The van der Waals surface area contributed by atoms with E-state index in [1.165, 1.54) is 6.42 Å². The molecule has 1 aliphatic carbocycles. The smallest absolute Gasteiger partial charge is 0.242 e. The Morgan fingerprint density at radius 1 is 0.850 bits per heavy atom.